The third-order valence-corrected chi connectivity index (χ3v) is 4.10. The van der Waals surface area contributed by atoms with Crippen LogP contribution in [0.2, 0.25) is 0 Å². The van der Waals surface area contributed by atoms with Crippen molar-refractivity contribution in [1.29, 1.82) is 0 Å². The van der Waals surface area contributed by atoms with Crippen LogP contribution in [-0.2, 0) is 6.42 Å². The molecule has 0 fully saturated rings. The molecule has 1 N–H and O–H groups in total. The van der Waals surface area contributed by atoms with Crippen LogP contribution in [0.1, 0.15) is 35.6 Å². The summed E-state index contributed by atoms with van der Waals surface area (Å²) in [6.07, 6.45) is 2.85. The van der Waals surface area contributed by atoms with Gasteiger partial charge < -0.3 is 5.11 Å². The zero-order valence-corrected chi connectivity index (χ0v) is 12.0. The van der Waals surface area contributed by atoms with Gasteiger partial charge in [0.1, 0.15) is 6.10 Å². The molecule has 1 aromatic carbocycles. The molecule has 1 unspecified atom stereocenters. The lowest BCUT2D eigenvalue weighted by molar-refractivity contribution is 0.224. The van der Waals surface area contributed by atoms with E-state index in [1.54, 1.807) is 6.20 Å². The Morgan fingerprint density at radius 1 is 1.25 bits per heavy atom. The first-order valence-electron chi connectivity index (χ1n) is 6.64. The fraction of sp³-hybridized carbons (Fsp3) is 0.267. The fourth-order valence-corrected chi connectivity index (χ4v) is 3.03. The molecule has 102 valence electrons. The average molecular weight is 285 g/mol. The van der Waals surface area contributed by atoms with E-state index in [0.717, 1.165) is 39.9 Å². The number of aliphatic hydroxyl groups excluding tert-OH is 1. The van der Waals surface area contributed by atoms with Crippen LogP contribution in [0.4, 0.5) is 0 Å². The van der Waals surface area contributed by atoms with Crippen molar-refractivity contribution in [3.63, 3.8) is 0 Å². The van der Waals surface area contributed by atoms with Crippen molar-refractivity contribution in [2.24, 2.45) is 0 Å². The van der Waals surface area contributed by atoms with E-state index in [4.69, 9.17) is 0 Å². The number of hydrogen-bond acceptors (Lipinski definition) is 5. The lowest BCUT2D eigenvalue weighted by Gasteiger charge is -2.12. The number of aliphatic hydroxyl groups is 1. The molecule has 1 atom stereocenters. The van der Waals surface area contributed by atoms with E-state index < -0.39 is 6.10 Å². The quantitative estimate of drug-likeness (QED) is 0.800. The van der Waals surface area contributed by atoms with Gasteiger partial charge in [0.05, 0.1) is 16.1 Å². The largest absolute Gasteiger partial charge is 0.383 e. The van der Waals surface area contributed by atoms with Gasteiger partial charge in [0.15, 0.2) is 0 Å². The lowest BCUT2D eigenvalue weighted by Crippen LogP contribution is -2.03. The summed E-state index contributed by atoms with van der Waals surface area (Å²) in [7, 11) is 0. The van der Waals surface area contributed by atoms with Crippen molar-refractivity contribution in [3.05, 3.63) is 52.7 Å². The molecule has 4 nitrogen and oxygen atoms in total. The summed E-state index contributed by atoms with van der Waals surface area (Å²) < 4.78 is 3.98. The minimum atomic E-state index is -0.713. The van der Waals surface area contributed by atoms with Crippen molar-refractivity contribution in [2.75, 3.05) is 0 Å². The van der Waals surface area contributed by atoms with Crippen LogP contribution in [0.15, 0.2) is 36.5 Å². The monoisotopic (exact) mass is 285 g/mol. The number of nitrogens with zero attached hydrogens (tertiary/aromatic N) is 3. The van der Waals surface area contributed by atoms with Gasteiger partial charge in [-0.1, -0.05) is 42.1 Å². The van der Waals surface area contributed by atoms with Gasteiger partial charge in [-0.3, -0.25) is 4.98 Å². The Balaban J connectivity index is 2.08. The minimum absolute atomic E-state index is 0.713. The maximum Gasteiger partial charge on any atom is 0.119 e. The van der Waals surface area contributed by atoms with Crippen LogP contribution in [0.3, 0.4) is 0 Å². The Morgan fingerprint density at radius 3 is 2.95 bits per heavy atom. The van der Waals surface area contributed by atoms with E-state index in [0.29, 0.717) is 0 Å². The summed E-state index contributed by atoms with van der Waals surface area (Å²) in [5, 5.41) is 15.8. The second-order valence-electron chi connectivity index (χ2n) is 4.66. The van der Waals surface area contributed by atoms with Crippen molar-refractivity contribution < 1.29 is 5.11 Å². The summed E-state index contributed by atoms with van der Waals surface area (Å²) in [5.41, 5.74) is 2.53. The highest BCUT2D eigenvalue weighted by atomic mass is 32.1. The van der Waals surface area contributed by atoms with Gasteiger partial charge >= 0.3 is 0 Å². The average Bonchev–Trinajstić information content (AvgIpc) is 2.94. The Kier molecular flexibility index (Phi) is 3.71. The molecule has 3 rings (SSSR count). The molecule has 0 aliphatic carbocycles. The molecular weight excluding hydrogens is 270 g/mol. The van der Waals surface area contributed by atoms with Crippen molar-refractivity contribution in [1.82, 2.24) is 14.6 Å². The molecule has 3 aromatic rings. The summed E-state index contributed by atoms with van der Waals surface area (Å²) in [6, 6.07) is 9.74. The molecule has 0 radical (unpaired) electrons. The summed E-state index contributed by atoms with van der Waals surface area (Å²) in [6.45, 7) is 2.09. The third kappa shape index (κ3) is 2.30. The number of pyridine rings is 1. The maximum absolute atomic E-state index is 10.7. The van der Waals surface area contributed by atoms with Gasteiger partial charge in [0.25, 0.3) is 0 Å². The molecular formula is C15H15N3OS. The normalized spacial score (nSPS) is 12.7. The van der Waals surface area contributed by atoms with E-state index in [1.165, 1.54) is 11.5 Å². The van der Waals surface area contributed by atoms with Gasteiger partial charge in [0, 0.05) is 17.1 Å². The Labute approximate surface area is 121 Å². The smallest absolute Gasteiger partial charge is 0.119 e. The van der Waals surface area contributed by atoms with Gasteiger partial charge in [0.2, 0.25) is 0 Å². The van der Waals surface area contributed by atoms with E-state index >= 15 is 0 Å². The molecule has 20 heavy (non-hydrogen) atoms. The van der Waals surface area contributed by atoms with Crippen molar-refractivity contribution >= 4 is 22.4 Å². The van der Waals surface area contributed by atoms with Crippen LogP contribution in [0.25, 0.3) is 10.9 Å². The Morgan fingerprint density at radius 2 is 2.10 bits per heavy atom. The number of rotatable bonds is 4. The molecule has 0 spiro atoms. The van der Waals surface area contributed by atoms with Gasteiger partial charge in [-0.15, -0.1) is 5.10 Å². The number of hydrogen-bond donors (Lipinski definition) is 1. The van der Waals surface area contributed by atoms with E-state index in [-0.39, 0.29) is 0 Å². The molecule has 5 heteroatoms. The fourth-order valence-electron chi connectivity index (χ4n) is 2.32. The van der Waals surface area contributed by atoms with Crippen LogP contribution in [0.5, 0.6) is 0 Å². The number of para-hydroxylation sites is 1. The van der Waals surface area contributed by atoms with Crippen molar-refractivity contribution in [2.45, 2.75) is 25.9 Å². The number of aryl methyl sites for hydroxylation is 1. The highest BCUT2D eigenvalue weighted by Crippen LogP contribution is 2.31. The number of benzene rings is 1. The number of aromatic nitrogens is 3. The van der Waals surface area contributed by atoms with Crippen LogP contribution < -0.4 is 0 Å². The summed E-state index contributed by atoms with van der Waals surface area (Å²) in [4.78, 5) is 5.22. The van der Waals surface area contributed by atoms with Gasteiger partial charge in [-0.05, 0) is 24.0 Å². The predicted octanol–water partition coefficient (Wildman–Crippen LogP) is 3.12. The highest BCUT2D eigenvalue weighted by molar-refractivity contribution is 7.05. The molecule has 2 aromatic heterocycles. The topological polar surface area (TPSA) is 58.9 Å². The minimum Gasteiger partial charge on any atom is -0.383 e. The molecule has 0 saturated heterocycles. The summed E-state index contributed by atoms with van der Waals surface area (Å²) >= 11 is 1.26. The molecule has 0 bridgehead atoms. The van der Waals surface area contributed by atoms with Crippen LogP contribution in [0, 0.1) is 0 Å². The van der Waals surface area contributed by atoms with Gasteiger partial charge in [-0.2, -0.15) is 0 Å². The molecule has 0 amide bonds. The Hall–Kier alpha value is -1.85. The standard InChI is InChI=1S/C15H15N3OS/c1-2-5-12-15(20-18-17-12)14(19)11-8-3-6-10-7-4-9-16-13(10)11/h3-4,6-9,14,19H,2,5H2,1H3. The third-order valence-electron chi connectivity index (χ3n) is 3.28. The zero-order chi connectivity index (χ0) is 13.9. The van der Waals surface area contributed by atoms with Crippen molar-refractivity contribution in [3.8, 4) is 0 Å². The first-order valence-corrected chi connectivity index (χ1v) is 7.41. The first-order chi connectivity index (χ1) is 9.81. The highest BCUT2D eigenvalue weighted by Gasteiger charge is 2.20. The molecule has 0 aliphatic heterocycles. The molecule has 0 saturated carbocycles. The SMILES string of the molecule is CCCc1nnsc1C(O)c1cccc2cccnc12. The lowest BCUT2D eigenvalue weighted by atomic mass is 10.0. The molecule has 2 heterocycles. The van der Waals surface area contributed by atoms with E-state index in [2.05, 4.69) is 21.5 Å². The predicted molar refractivity (Wildman–Crippen MR) is 79.7 cm³/mol. The Bertz CT molecular complexity index is 720. The van der Waals surface area contributed by atoms with Gasteiger partial charge in [-0.25, -0.2) is 0 Å². The molecule has 0 aliphatic rings. The summed E-state index contributed by atoms with van der Waals surface area (Å²) in [5.74, 6) is 0. The van der Waals surface area contributed by atoms with Crippen LogP contribution in [-0.4, -0.2) is 19.7 Å². The van der Waals surface area contributed by atoms with Crippen LogP contribution >= 0.6 is 11.5 Å². The first kappa shape index (κ1) is 13.1. The zero-order valence-electron chi connectivity index (χ0n) is 11.2. The van der Waals surface area contributed by atoms with E-state index in [9.17, 15) is 5.11 Å². The van der Waals surface area contributed by atoms with E-state index in [1.807, 2.05) is 30.3 Å². The second kappa shape index (κ2) is 5.64. The number of fused-ring (bicyclic) bond motifs is 1. The second-order valence-corrected chi connectivity index (χ2v) is 5.44. The maximum atomic E-state index is 10.7.